The predicted octanol–water partition coefficient (Wildman–Crippen LogP) is 16.8. The van der Waals surface area contributed by atoms with Crippen LogP contribution in [0.25, 0.3) is 72.7 Å². The molecule has 0 aliphatic rings. The van der Waals surface area contributed by atoms with Crippen molar-refractivity contribution in [1.82, 2.24) is 14.5 Å². The molecule has 1 N–H and O–H groups in total. The van der Waals surface area contributed by atoms with Crippen LogP contribution in [0, 0.1) is 0 Å². The van der Waals surface area contributed by atoms with Gasteiger partial charge < -0.3 is 5.11 Å². The number of benzene rings is 6. The number of phenols is 1. The molecule has 0 saturated heterocycles. The molecule has 0 radical (unpaired) electrons. The Hall–Kier alpha value is -6.26. The third-order valence-corrected chi connectivity index (χ3v) is 12.8. The van der Waals surface area contributed by atoms with E-state index < -0.39 is 5.89 Å². The summed E-state index contributed by atoms with van der Waals surface area (Å²) in [7, 11) is 0. The van der Waals surface area contributed by atoms with Crippen LogP contribution in [-0.2, 0) is 21.7 Å². The molecule has 4 heteroatoms. The molecule has 0 aliphatic carbocycles. The van der Waals surface area contributed by atoms with Gasteiger partial charge in [0.05, 0.1) is 22.3 Å². The number of aromatic nitrogens is 3. The van der Waals surface area contributed by atoms with Crippen LogP contribution in [-0.4, -0.2) is 19.6 Å². The lowest BCUT2D eigenvalue weighted by atomic mass is 9.79. The zero-order valence-corrected chi connectivity index (χ0v) is 41.1. The van der Waals surface area contributed by atoms with Crippen LogP contribution in [0.4, 0.5) is 0 Å². The highest BCUT2D eigenvalue weighted by molar-refractivity contribution is 5.97. The van der Waals surface area contributed by atoms with E-state index in [9.17, 15) is 6.48 Å². The number of rotatable bonds is 7. The molecule has 0 atom stereocenters. The minimum atomic E-state index is -0.889. The highest BCUT2D eigenvalue weighted by atomic mass is 16.3. The van der Waals surface area contributed by atoms with Gasteiger partial charge in [-0.15, -0.1) is 0 Å². The largest absolute Gasteiger partial charge is 0.507 e. The summed E-state index contributed by atoms with van der Waals surface area (Å²) in [4.78, 5) is 10.6. The lowest BCUT2D eigenvalue weighted by Gasteiger charge is -2.27. The molecule has 332 valence electrons. The summed E-state index contributed by atoms with van der Waals surface area (Å²) >= 11 is 0. The van der Waals surface area contributed by atoms with Crippen molar-refractivity contribution in [3.8, 4) is 67.5 Å². The van der Waals surface area contributed by atoms with E-state index in [-0.39, 0.29) is 27.4 Å². The minimum absolute atomic E-state index is 0.0748. The second-order valence-corrected chi connectivity index (χ2v) is 22.3. The Balaban J connectivity index is 1.42. The summed E-state index contributed by atoms with van der Waals surface area (Å²) < 4.78 is 11.5. The third kappa shape index (κ3) is 9.19. The average Bonchev–Trinajstić information content (AvgIpc) is 3.64. The first-order chi connectivity index (χ1) is 30.8. The lowest BCUT2D eigenvalue weighted by Crippen LogP contribution is -2.17. The van der Waals surface area contributed by atoms with Gasteiger partial charge in [0.1, 0.15) is 11.6 Å². The molecule has 6 aromatic carbocycles. The molecule has 0 saturated carbocycles. The lowest BCUT2D eigenvalue weighted by molar-refractivity contribution is 0.446. The number of fused-ring (bicyclic) bond motifs is 1. The standard InChI is InChI=1S/C61H67N3O/c1-38(2)42-29-43(39-19-16-15-17-20-39)34-49(33-42)64-54-22-18-21-50(55(54)63-57(64)51-36-48(60(9,10)11)37-52(56(51)65)61(12,13)14)44-30-45(32-47(31-44)59(6,7)8)53-35-41(27-28-62-53)40-23-25-46(26-24-40)58(3,4)5/h15-38,65H,1-14H3/i38D. The van der Waals surface area contributed by atoms with Gasteiger partial charge in [-0.2, -0.15) is 0 Å². The van der Waals surface area contributed by atoms with Gasteiger partial charge in [0.2, 0.25) is 0 Å². The molecule has 0 spiro atoms. The zero-order valence-electron chi connectivity index (χ0n) is 42.1. The summed E-state index contributed by atoms with van der Waals surface area (Å²) in [6.45, 7) is 30.5. The average molecular weight is 859 g/mol. The normalized spacial score (nSPS) is 13.0. The Bertz CT molecular complexity index is 3080. The Kier molecular flexibility index (Phi) is 11.2. The second-order valence-electron chi connectivity index (χ2n) is 22.3. The summed E-state index contributed by atoms with van der Waals surface area (Å²) in [5.74, 6) is -0.0191. The molecule has 8 aromatic rings. The second kappa shape index (κ2) is 16.6. The summed E-state index contributed by atoms with van der Waals surface area (Å²) in [6.07, 6.45) is 1.92. The number of pyridine rings is 1. The molecular formula is C61H67N3O. The SMILES string of the molecule is [2H]C(C)(C)c1cc(-c2ccccc2)cc(-n2c(-c3cc(C(C)(C)C)cc(C(C)(C)C)c3O)nc3c(-c4cc(-c5cc(-c6ccc(C(C)(C)C)cc6)ccn5)cc(C(C)(C)C)c4)cccc32)c1. The highest BCUT2D eigenvalue weighted by Gasteiger charge is 2.29. The van der Waals surface area contributed by atoms with Crippen molar-refractivity contribution in [2.45, 2.75) is 124 Å². The van der Waals surface area contributed by atoms with E-state index in [0.717, 1.165) is 78.0 Å². The Morgan fingerprint density at radius 3 is 1.77 bits per heavy atom. The van der Waals surface area contributed by atoms with E-state index in [1.165, 1.54) is 11.1 Å². The molecule has 0 unspecified atom stereocenters. The van der Waals surface area contributed by atoms with Crippen LogP contribution < -0.4 is 0 Å². The topological polar surface area (TPSA) is 50.9 Å². The molecule has 0 fully saturated rings. The van der Waals surface area contributed by atoms with Crippen molar-refractivity contribution in [1.29, 1.82) is 0 Å². The van der Waals surface area contributed by atoms with Gasteiger partial charge in [0, 0.05) is 29.9 Å². The molecule has 2 aromatic heterocycles. The Labute approximate surface area is 389 Å². The monoisotopic (exact) mass is 859 g/mol. The predicted molar refractivity (Wildman–Crippen MR) is 277 cm³/mol. The molecule has 4 nitrogen and oxygen atoms in total. The maximum Gasteiger partial charge on any atom is 0.149 e. The van der Waals surface area contributed by atoms with E-state index >= 15 is 0 Å². The molecule has 0 bridgehead atoms. The summed E-state index contributed by atoms with van der Waals surface area (Å²) in [5, 5.41) is 12.5. The number of imidazole rings is 1. The van der Waals surface area contributed by atoms with Gasteiger partial charge in [-0.05, 0) is 126 Å². The quantitative estimate of drug-likeness (QED) is 0.174. The van der Waals surface area contributed by atoms with E-state index in [2.05, 4.69) is 215 Å². The zero-order chi connectivity index (χ0) is 47.7. The van der Waals surface area contributed by atoms with Crippen LogP contribution >= 0.6 is 0 Å². The number of hydrogen-bond acceptors (Lipinski definition) is 3. The van der Waals surface area contributed by atoms with Crippen molar-refractivity contribution >= 4 is 11.0 Å². The van der Waals surface area contributed by atoms with Crippen LogP contribution in [0.3, 0.4) is 0 Å². The number of phenolic OH excluding ortho intramolecular Hbond substituents is 1. The fourth-order valence-electron chi connectivity index (χ4n) is 8.70. The number of para-hydroxylation sites is 1. The Morgan fingerprint density at radius 1 is 0.508 bits per heavy atom. The first-order valence-corrected chi connectivity index (χ1v) is 23.1. The first-order valence-electron chi connectivity index (χ1n) is 23.6. The Morgan fingerprint density at radius 2 is 1.14 bits per heavy atom. The summed E-state index contributed by atoms with van der Waals surface area (Å²) in [6, 6.07) is 47.6. The van der Waals surface area contributed by atoms with Crippen molar-refractivity contribution in [2.24, 2.45) is 0 Å². The molecule has 2 heterocycles. The summed E-state index contributed by atoms with van der Waals surface area (Å²) in [5.41, 5.74) is 16.3. The van der Waals surface area contributed by atoms with Crippen LogP contribution in [0.15, 0.2) is 140 Å². The number of aromatic hydroxyl groups is 1. The van der Waals surface area contributed by atoms with Crippen LogP contribution in [0.1, 0.15) is 132 Å². The molecule has 8 rings (SSSR count). The van der Waals surface area contributed by atoms with Gasteiger partial charge in [0.25, 0.3) is 0 Å². The molecule has 0 aliphatic heterocycles. The van der Waals surface area contributed by atoms with E-state index in [1.54, 1.807) is 0 Å². The van der Waals surface area contributed by atoms with Crippen molar-refractivity contribution in [3.63, 3.8) is 0 Å². The maximum absolute atomic E-state index is 12.5. The minimum Gasteiger partial charge on any atom is -0.507 e. The highest BCUT2D eigenvalue weighted by Crippen LogP contribution is 2.45. The van der Waals surface area contributed by atoms with Gasteiger partial charge in [-0.25, -0.2) is 4.98 Å². The molecular weight excluding hydrogens is 791 g/mol. The van der Waals surface area contributed by atoms with E-state index in [0.29, 0.717) is 11.4 Å². The van der Waals surface area contributed by atoms with Gasteiger partial charge in [-0.3, -0.25) is 9.55 Å². The number of hydrogen-bond donors (Lipinski definition) is 1. The smallest absolute Gasteiger partial charge is 0.149 e. The van der Waals surface area contributed by atoms with Crippen molar-refractivity contribution < 1.29 is 6.48 Å². The van der Waals surface area contributed by atoms with Gasteiger partial charge in [-0.1, -0.05) is 182 Å². The van der Waals surface area contributed by atoms with Crippen molar-refractivity contribution in [3.05, 3.63) is 167 Å². The van der Waals surface area contributed by atoms with Gasteiger partial charge in [0.15, 0.2) is 0 Å². The third-order valence-electron chi connectivity index (χ3n) is 12.8. The molecule has 0 amide bonds. The molecule has 65 heavy (non-hydrogen) atoms. The van der Waals surface area contributed by atoms with Crippen LogP contribution in [0.2, 0.25) is 0 Å². The first kappa shape index (κ1) is 44.0. The number of nitrogens with zero attached hydrogens (tertiary/aromatic N) is 3. The fourth-order valence-corrected chi connectivity index (χ4v) is 8.70. The fraction of sp³-hybridized carbons (Fsp3) is 0.311. The van der Waals surface area contributed by atoms with Crippen molar-refractivity contribution in [2.75, 3.05) is 0 Å². The van der Waals surface area contributed by atoms with E-state index in [4.69, 9.17) is 9.97 Å². The van der Waals surface area contributed by atoms with Crippen LogP contribution in [0.5, 0.6) is 5.75 Å². The maximum atomic E-state index is 12.5. The van der Waals surface area contributed by atoms with E-state index in [1.807, 2.05) is 26.1 Å². The van der Waals surface area contributed by atoms with Gasteiger partial charge >= 0.3 is 0 Å².